The molecule has 1 aromatic carbocycles. The summed E-state index contributed by atoms with van der Waals surface area (Å²) in [5, 5.41) is 16.4. The van der Waals surface area contributed by atoms with Gasteiger partial charge in [0.05, 0.1) is 5.54 Å². The summed E-state index contributed by atoms with van der Waals surface area (Å²) in [7, 11) is 0. The van der Waals surface area contributed by atoms with Gasteiger partial charge in [0.25, 0.3) is 5.91 Å². The molecule has 0 aliphatic heterocycles. The third-order valence-electron chi connectivity index (χ3n) is 3.89. The first kappa shape index (κ1) is 19.5. The van der Waals surface area contributed by atoms with E-state index in [4.69, 9.17) is 4.74 Å². The average Bonchev–Trinajstić information content (AvgIpc) is 2.96. The Bertz CT molecular complexity index is 793. The molecule has 1 amide bonds. The van der Waals surface area contributed by atoms with Crippen LogP contribution in [0.1, 0.15) is 43.9 Å². The number of carboxylic acid groups (broad SMARTS) is 1. The topological polar surface area (TPSA) is 93.4 Å². The lowest BCUT2D eigenvalue weighted by Gasteiger charge is -2.26. The number of nitrogens with one attached hydrogen (secondary N) is 1. The van der Waals surface area contributed by atoms with Crippen LogP contribution < -0.4 is 10.1 Å². The summed E-state index contributed by atoms with van der Waals surface area (Å²) in [6.45, 7) is 8.97. The fourth-order valence-electron chi connectivity index (χ4n) is 2.47. The molecule has 7 heteroatoms. The molecule has 26 heavy (non-hydrogen) atoms. The molecular formula is C19H25N3O4. The molecule has 1 aromatic heterocycles. The highest BCUT2D eigenvalue weighted by Crippen LogP contribution is 2.18. The van der Waals surface area contributed by atoms with Crippen molar-refractivity contribution in [2.45, 2.75) is 45.7 Å². The van der Waals surface area contributed by atoms with Gasteiger partial charge in [0.2, 0.25) is 0 Å². The Kier molecular flexibility index (Phi) is 5.39. The summed E-state index contributed by atoms with van der Waals surface area (Å²) in [6, 6.07) is 10.5. The maximum absolute atomic E-state index is 12.6. The average molecular weight is 359 g/mol. The molecule has 0 unspecified atom stereocenters. The molecule has 7 nitrogen and oxygen atoms in total. The fraction of sp³-hybridized carbons (Fsp3) is 0.421. The lowest BCUT2D eigenvalue weighted by molar-refractivity contribution is -0.145. The summed E-state index contributed by atoms with van der Waals surface area (Å²) in [4.78, 5) is 24.3. The highest BCUT2D eigenvalue weighted by Gasteiger charge is 2.37. The maximum atomic E-state index is 12.6. The number of para-hydroxylation sites is 1. The van der Waals surface area contributed by atoms with Gasteiger partial charge in [-0.3, -0.25) is 9.48 Å². The SMILES string of the molecule is Cc1cc(C(=O)N[C@@](C)(COc2ccccc2)C(=O)O)nn1C(C)(C)C. The molecule has 0 saturated heterocycles. The Morgan fingerprint density at radius 1 is 1.19 bits per heavy atom. The normalized spacial score (nSPS) is 13.7. The van der Waals surface area contributed by atoms with Gasteiger partial charge in [-0.2, -0.15) is 5.10 Å². The van der Waals surface area contributed by atoms with Crippen molar-refractivity contribution in [3.63, 3.8) is 0 Å². The van der Waals surface area contributed by atoms with E-state index in [1.165, 1.54) is 6.92 Å². The standard InChI is InChI=1S/C19H25N3O4/c1-13-11-15(21-22(13)18(2,3)4)16(23)20-19(5,17(24)25)12-26-14-9-7-6-8-10-14/h6-11H,12H2,1-5H3,(H,20,23)(H,24,25)/t19-/m0/s1. The van der Waals surface area contributed by atoms with E-state index in [-0.39, 0.29) is 17.8 Å². The molecule has 0 saturated carbocycles. The van der Waals surface area contributed by atoms with E-state index in [9.17, 15) is 14.7 Å². The number of aromatic nitrogens is 2. The molecule has 0 radical (unpaired) electrons. The van der Waals surface area contributed by atoms with Crippen LogP contribution in [0.2, 0.25) is 0 Å². The highest BCUT2D eigenvalue weighted by atomic mass is 16.5. The summed E-state index contributed by atoms with van der Waals surface area (Å²) in [5.41, 5.74) is -0.883. The minimum Gasteiger partial charge on any atom is -0.491 e. The third kappa shape index (κ3) is 4.41. The van der Waals surface area contributed by atoms with Gasteiger partial charge in [-0.25, -0.2) is 4.79 Å². The van der Waals surface area contributed by atoms with Crippen molar-refractivity contribution >= 4 is 11.9 Å². The lowest BCUT2D eigenvalue weighted by Crippen LogP contribution is -2.56. The summed E-state index contributed by atoms with van der Waals surface area (Å²) in [6.07, 6.45) is 0. The summed E-state index contributed by atoms with van der Waals surface area (Å²) >= 11 is 0. The van der Waals surface area contributed by atoms with Gasteiger partial charge in [0, 0.05) is 5.69 Å². The van der Waals surface area contributed by atoms with Crippen molar-refractivity contribution in [2.75, 3.05) is 6.61 Å². The van der Waals surface area contributed by atoms with E-state index in [1.54, 1.807) is 35.0 Å². The number of amides is 1. The van der Waals surface area contributed by atoms with Crippen LogP contribution in [-0.2, 0) is 10.3 Å². The number of ether oxygens (including phenoxy) is 1. The Balaban J connectivity index is 2.16. The summed E-state index contributed by atoms with van der Waals surface area (Å²) in [5.74, 6) is -1.21. The van der Waals surface area contributed by atoms with Crippen LogP contribution >= 0.6 is 0 Å². The number of aliphatic carboxylic acids is 1. The van der Waals surface area contributed by atoms with Crippen LogP contribution in [0, 0.1) is 6.92 Å². The Hall–Kier alpha value is -2.83. The number of hydrogen-bond donors (Lipinski definition) is 2. The van der Waals surface area contributed by atoms with E-state index in [0.29, 0.717) is 5.75 Å². The zero-order valence-corrected chi connectivity index (χ0v) is 15.7. The van der Waals surface area contributed by atoms with E-state index >= 15 is 0 Å². The van der Waals surface area contributed by atoms with Crippen molar-refractivity contribution in [1.29, 1.82) is 0 Å². The molecule has 0 fully saturated rings. The van der Waals surface area contributed by atoms with Gasteiger partial charge in [0.1, 0.15) is 18.1 Å². The zero-order valence-electron chi connectivity index (χ0n) is 15.7. The van der Waals surface area contributed by atoms with Crippen LogP contribution in [0.25, 0.3) is 0 Å². The van der Waals surface area contributed by atoms with E-state index < -0.39 is 17.4 Å². The largest absolute Gasteiger partial charge is 0.491 e. The Morgan fingerprint density at radius 2 is 1.81 bits per heavy atom. The third-order valence-corrected chi connectivity index (χ3v) is 3.89. The second kappa shape index (κ2) is 7.19. The smallest absolute Gasteiger partial charge is 0.332 e. The van der Waals surface area contributed by atoms with Gasteiger partial charge in [-0.15, -0.1) is 0 Å². The van der Waals surface area contributed by atoms with E-state index in [2.05, 4.69) is 10.4 Å². The molecule has 0 aliphatic carbocycles. The van der Waals surface area contributed by atoms with E-state index in [0.717, 1.165) is 5.69 Å². The number of carbonyl (C=O) groups excluding carboxylic acids is 1. The Morgan fingerprint density at radius 3 is 2.31 bits per heavy atom. The van der Waals surface area contributed by atoms with Crippen LogP contribution in [0.4, 0.5) is 0 Å². The fourth-order valence-corrected chi connectivity index (χ4v) is 2.47. The minimum absolute atomic E-state index is 0.171. The number of carboxylic acids is 1. The first-order valence-electron chi connectivity index (χ1n) is 8.34. The van der Waals surface area contributed by atoms with Crippen molar-refractivity contribution < 1.29 is 19.4 Å². The van der Waals surface area contributed by atoms with E-state index in [1.807, 2.05) is 33.8 Å². The molecule has 0 spiro atoms. The molecule has 140 valence electrons. The number of carbonyl (C=O) groups is 2. The van der Waals surface area contributed by atoms with Gasteiger partial charge in [0.15, 0.2) is 5.54 Å². The number of aryl methyl sites for hydroxylation is 1. The zero-order chi connectivity index (χ0) is 19.5. The van der Waals surface area contributed by atoms with Crippen molar-refractivity contribution in [3.05, 3.63) is 47.8 Å². The molecular weight excluding hydrogens is 334 g/mol. The lowest BCUT2D eigenvalue weighted by atomic mass is 10.0. The molecule has 0 aliphatic rings. The van der Waals surface area contributed by atoms with Gasteiger partial charge < -0.3 is 15.2 Å². The number of hydrogen-bond acceptors (Lipinski definition) is 4. The predicted octanol–water partition coefficient (Wildman–Crippen LogP) is 2.60. The van der Waals surface area contributed by atoms with Crippen LogP contribution in [0.15, 0.2) is 36.4 Å². The number of benzene rings is 1. The quantitative estimate of drug-likeness (QED) is 0.827. The van der Waals surface area contributed by atoms with Crippen molar-refractivity contribution in [3.8, 4) is 5.75 Å². The molecule has 1 heterocycles. The predicted molar refractivity (Wildman–Crippen MR) is 97.4 cm³/mol. The molecule has 1 atom stereocenters. The first-order valence-corrected chi connectivity index (χ1v) is 8.34. The van der Waals surface area contributed by atoms with Crippen LogP contribution in [0.3, 0.4) is 0 Å². The van der Waals surface area contributed by atoms with Gasteiger partial charge in [-0.05, 0) is 52.8 Å². The van der Waals surface area contributed by atoms with Crippen LogP contribution in [0.5, 0.6) is 5.75 Å². The van der Waals surface area contributed by atoms with Crippen molar-refractivity contribution in [1.82, 2.24) is 15.1 Å². The molecule has 2 rings (SSSR count). The highest BCUT2D eigenvalue weighted by molar-refractivity contribution is 5.96. The van der Waals surface area contributed by atoms with Crippen LogP contribution in [-0.4, -0.2) is 38.9 Å². The van der Waals surface area contributed by atoms with Gasteiger partial charge >= 0.3 is 5.97 Å². The molecule has 0 bridgehead atoms. The second-order valence-electron chi connectivity index (χ2n) is 7.45. The molecule has 2 aromatic rings. The maximum Gasteiger partial charge on any atom is 0.332 e. The Labute approximate surface area is 153 Å². The molecule has 2 N–H and O–H groups in total. The number of rotatable bonds is 6. The second-order valence-corrected chi connectivity index (χ2v) is 7.45. The number of nitrogens with zero attached hydrogens (tertiary/aromatic N) is 2. The monoisotopic (exact) mass is 359 g/mol. The summed E-state index contributed by atoms with van der Waals surface area (Å²) < 4.78 is 7.27. The minimum atomic E-state index is -1.59. The first-order chi connectivity index (χ1) is 12.0. The van der Waals surface area contributed by atoms with Gasteiger partial charge in [-0.1, -0.05) is 18.2 Å². The van der Waals surface area contributed by atoms with Crippen molar-refractivity contribution in [2.24, 2.45) is 0 Å².